The number of amides is 2. The zero-order valence-corrected chi connectivity index (χ0v) is 16.1. The molecule has 0 atom stereocenters. The number of benzene rings is 2. The van der Waals surface area contributed by atoms with Gasteiger partial charge in [-0.1, -0.05) is 24.3 Å². The van der Waals surface area contributed by atoms with Gasteiger partial charge in [0, 0.05) is 12.6 Å². The van der Waals surface area contributed by atoms with Crippen molar-refractivity contribution < 1.29 is 14.0 Å². The van der Waals surface area contributed by atoms with Gasteiger partial charge < -0.3 is 5.32 Å². The van der Waals surface area contributed by atoms with E-state index in [1.165, 1.54) is 12.1 Å². The summed E-state index contributed by atoms with van der Waals surface area (Å²) in [4.78, 5) is 29.7. The van der Waals surface area contributed by atoms with Crippen LogP contribution in [0.1, 0.15) is 32.3 Å². The Morgan fingerprint density at radius 1 is 1.18 bits per heavy atom. The van der Waals surface area contributed by atoms with E-state index < -0.39 is 5.54 Å². The van der Waals surface area contributed by atoms with Crippen molar-refractivity contribution in [2.24, 2.45) is 0 Å². The fraction of sp³-hybridized carbons (Fsp3) is 0.364. The second kappa shape index (κ2) is 7.02. The molecule has 0 aromatic heterocycles. The lowest BCUT2D eigenvalue weighted by Gasteiger charge is -2.42. The third kappa shape index (κ3) is 3.52. The lowest BCUT2D eigenvalue weighted by Crippen LogP contribution is -2.60. The van der Waals surface area contributed by atoms with Crippen molar-refractivity contribution in [2.75, 3.05) is 16.8 Å². The number of rotatable bonds is 5. The Hall–Kier alpha value is -2.73. The molecule has 0 spiro atoms. The molecule has 1 aliphatic heterocycles. The number of hydrogen-bond acceptors (Lipinski definition) is 3. The van der Waals surface area contributed by atoms with Crippen molar-refractivity contribution in [1.29, 1.82) is 0 Å². The van der Waals surface area contributed by atoms with Crippen molar-refractivity contribution in [3.8, 4) is 0 Å². The van der Waals surface area contributed by atoms with Crippen molar-refractivity contribution in [3.63, 3.8) is 0 Å². The monoisotopic (exact) mass is 381 g/mol. The molecular weight excluding hydrogens is 357 g/mol. The first-order valence-corrected chi connectivity index (χ1v) is 9.58. The van der Waals surface area contributed by atoms with Crippen LogP contribution in [0.5, 0.6) is 0 Å². The summed E-state index contributed by atoms with van der Waals surface area (Å²) in [7, 11) is 0. The zero-order valence-electron chi connectivity index (χ0n) is 16.1. The standard InChI is InChI=1S/C22H24FN3O2/c1-22(2)21(28)24-18-5-3-4-6-19(18)26(22)20(27)14-25(17-11-12-17)13-15-7-9-16(23)10-8-15/h3-10,17H,11-14H2,1-2H3,(H,24,28). The number of carbonyl (C=O) groups is 2. The van der Waals surface area contributed by atoms with E-state index in [-0.39, 0.29) is 24.2 Å². The number of anilines is 2. The maximum absolute atomic E-state index is 13.4. The van der Waals surface area contributed by atoms with Crippen LogP contribution in [0.25, 0.3) is 0 Å². The molecule has 4 rings (SSSR count). The summed E-state index contributed by atoms with van der Waals surface area (Å²) < 4.78 is 13.2. The van der Waals surface area contributed by atoms with Crippen molar-refractivity contribution in [2.45, 2.75) is 44.8 Å². The van der Waals surface area contributed by atoms with Crippen LogP contribution >= 0.6 is 0 Å². The Morgan fingerprint density at radius 2 is 1.86 bits per heavy atom. The molecule has 1 saturated carbocycles. The number of para-hydroxylation sites is 2. The highest BCUT2D eigenvalue weighted by Gasteiger charge is 2.44. The minimum Gasteiger partial charge on any atom is -0.322 e. The maximum atomic E-state index is 13.4. The molecule has 5 nitrogen and oxygen atoms in total. The molecule has 2 aromatic carbocycles. The molecule has 1 aliphatic carbocycles. The Bertz CT molecular complexity index is 906. The molecular formula is C22H24FN3O2. The summed E-state index contributed by atoms with van der Waals surface area (Å²) in [6.07, 6.45) is 2.10. The van der Waals surface area contributed by atoms with Crippen LogP contribution in [-0.4, -0.2) is 34.8 Å². The Balaban J connectivity index is 1.58. The van der Waals surface area contributed by atoms with Gasteiger partial charge in [-0.3, -0.25) is 19.4 Å². The highest BCUT2D eigenvalue weighted by Crippen LogP contribution is 2.37. The largest absolute Gasteiger partial charge is 0.322 e. The van der Waals surface area contributed by atoms with E-state index >= 15 is 0 Å². The molecule has 0 bridgehead atoms. The van der Waals surface area contributed by atoms with E-state index in [1.807, 2.05) is 18.2 Å². The molecule has 0 unspecified atom stereocenters. The number of nitrogens with zero attached hydrogens (tertiary/aromatic N) is 2. The fourth-order valence-electron chi connectivity index (χ4n) is 3.72. The second-order valence-electron chi connectivity index (χ2n) is 8.02. The van der Waals surface area contributed by atoms with Gasteiger partial charge in [0.15, 0.2) is 0 Å². The van der Waals surface area contributed by atoms with Gasteiger partial charge in [0.1, 0.15) is 11.4 Å². The average molecular weight is 381 g/mol. The van der Waals surface area contributed by atoms with Gasteiger partial charge in [-0.25, -0.2) is 4.39 Å². The SMILES string of the molecule is CC1(C)C(=O)Nc2ccccc2N1C(=O)CN(Cc1ccc(F)cc1)C1CC1. The molecule has 1 N–H and O–H groups in total. The first-order valence-electron chi connectivity index (χ1n) is 9.58. The molecule has 2 aromatic rings. The van der Waals surface area contributed by atoms with Crippen LogP contribution in [0.3, 0.4) is 0 Å². The van der Waals surface area contributed by atoms with Gasteiger partial charge in [0.05, 0.1) is 17.9 Å². The first-order chi connectivity index (χ1) is 13.4. The number of carbonyl (C=O) groups excluding carboxylic acids is 2. The highest BCUT2D eigenvalue weighted by molar-refractivity contribution is 6.14. The summed E-state index contributed by atoms with van der Waals surface area (Å²) in [6.45, 7) is 4.32. The Labute approximate surface area is 164 Å². The summed E-state index contributed by atoms with van der Waals surface area (Å²) in [6, 6.07) is 14.1. The van der Waals surface area contributed by atoms with Crippen LogP contribution in [0, 0.1) is 5.82 Å². The third-order valence-electron chi connectivity index (χ3n) is 5.46. The predicted octanol–water partition coefficient (Wildman–Crippen LogP) is 3.55. The molecule has 1 fully saturated rings. The van der Waals surface area contributed by atoms with E-state index in [4.69, 9.17) is 0 Å². The molecule has 2 aliphatic rings. The van der Waals surface area contributed by atoms with Crippen LogP contribution in [0.15, 0.2) is 48.5 Å². The average Bonchev–Trinajstić information content (AvgIpc) is 3.49. The Morgan fingerprint density at radius 3 is 2.54 bits per heavy atom. The number of fused-ring (bicyclic) bond motifs is 1. The molecule has 28 heavy (non-hydrogen) atoms. The van der Waals surface area contributed by atoms with Crippen LogP contribution in [0.4, 0.5) is 15.8 Å². The smallest absolute Gasteiger partial charge is 0.250 e. The topological polar surface area (TPSA) is 52.7 Å². The molecule has 0 saturated heterocycles. The third-order valence-corrected chi connectivity index (χ3v) is 5.46. The van der Waals surface area contributed by atoms with Crippen molar-refractivity contribution in [3.05, 3.63) is 59.9 Å². The van der Waals surface area contributed by atoms with Gasteiger partial charge in [-0.15, -0.1) is 0 Å². The van der Waals surface area contributed by atoms with Crippen LogP contribution in [-0.2, 0) is 16.1 Å². The minimum atomic E-state index is -0.976. The zero-order chi connectivity index (χ0) is 19.9. The number of nitrogens with one attached hydrogen (secondary N) is 1. The molecule has 2 amide bonds. The minimum absolute atomic E-state index is 0.110. The van der Waals surface area contributed by atoms with E-state index in [2.05, 4.69) is 10.2 Å². The fourth-order valence-corrected chi connectivity index (χ4v) is 3.72. The summed E-state index contributed by atoms with van der Waals surface area (Å²) in [5.41, 5.74) is 1.36. The molecule has 6 heteroatoms. The molecule has 146 valence electrons. The second-order valence-corrected chi connectivity index (χ2v) is 8.02. The molecule has 0 radical (unpaired) electrons. The van der Waals surface area contributed by atoms with Gasteiger partial charge in [0.2, 0.25) is 11.8 Å². The summed E-state index contributed by atoms with van der Waals surface area (Å²) >= 11 is 0. The van der Waals surface area contributed by atoms with E-state index in [9.17, 15) is 14.0 Å². The Kier molecular flexibility index (Phi) is 4.67. The lowest BCUT2D eigenvalue weighted by molar-refractivity contribution is -0.127. The van der Waals surface area contributed by atoms with E-state index in [1.54, 1.807) is 36.9 Å². The van der Waals surface area contributed by atoms with Crippen LogP contribution in [0.2, 0.25) is 0 Å². The van der Waals surface area contributed by atoms with Gasteiger partial charge >= 0.3 is 0 Å². The lowest BCUT2D eigenvalue weighted by atomic mass is 9.96. The number of halogens is 1. The van der Waals surface area contributed by atoms with E-state index in [0.29, 0.717) is 18.3 Å². The first kappa shape index (κ1) is 18.6. The normalized spacial score (nSPS) is 18.0. The van der Waals surface area contributed by atoms with Gasteiger partial charge in [-0.2, -0.15) is 0 Å². The molecule has 1 heterocycles. The quantitative estimate of drug-likeness (QED) is 0.862. The highest BCUT2D eigenvalue weighted by atomic mass is 19.1. The van der Waals surface area contributed by atoms with Gasteiger partial charge in [-0.05, 0) is 56.5 Å². The predicted molar refractivity (Wildman–Crippen MR) is 106 cm³/mol. The van der Waals surface area contributed by atoms with Crippen molar-refractivity contribution >= 4 is 23.2 Å². The van der Waals surface area contributed by atoms with Crippen molar-refractivity contribution in [1.82, 2.24) is 4.90 Å². The van der Waals surface area contributed by atoms with Crippen LogP contribution < -0.4 is 10.2 Å². The van der Waals surface area contributed by atoms with E-state index in [0.717, 1.165) is 24.1 Å². The number of hydrogen-bond donors (Lipinski definition) is 1. The summed E-state index contributed by atoms with van der Waals surface area (Å²) in [5.74, 6) is -0.576. The maximum Gasteiger partial charge on any atom is 0.250 e. The van der Waals surface area contributed by atoms with Gasteiger partial charge in [0.25, 0.3) is 0 Å². The summed E-state index contributed by atoms with van der Waals surface area (Å²) in [5, 5.41) is 2.89.